The Morgan fingerprint density at radius 1 is 1.62 bits per heavy atom. The molecule has 0 amide bonds. The van der Waals surface area contributed by atoms with Crippen LogP contribution in [0, 0.1) is 0 Å². The highest BCUT2D eigenvalue weighted by molar-refractivity contribution is 5.15. The van der Waals surface area contributed by atoms with Gasteiger partial charge >= 0.3 is 0 Å². The molecule has 1 N–H and O–H groups in total. The number of aromatic nitrogens is 2. The molecule has 1 heterocycles. The van der Waals surface area contributed by atoms with E-state index in [4.69, 9.17) is 5.11 Å². The lowest BCUT2D eigenvalue weighted by Crippen LogP contribution is -2.03. The van der Waals surface area contributed by atoms with Gasteiger partial charge in [-0.05, 0) is 24.8 Å². The summed E-state index contributed by atoms with van der Waals surface area (Å²) in [7, 11) is 0. The molecule has 13 heavy (non-hydrogen) atoms. The zero-order chi connectivity index (χ0) is 9.42. The van der Waals surface area contributed by atoms with Crippen LogP contribution in [0.2, 0.25) is 0 Å². The first-order valence-corrected chi connectivity index (χ1v) is 4.91. The molecule has 1 fully saturated rings. The highest BCUT2D eigenvalue weighted by Crippen LogP contribution is 2.37. The highest BCUT2D eigenvalue weighted by Gasteiger charge is 2.27. The van der Waals surface area contributed by atoms with Gasteiger partial charge in [0.1, 0.15) is 0 Å². The van der Waals surface area contributed by atoms with E-state index >= 15 is 0 Å². The monoisotopic (exact) mass is 180 g/mol. The normalized spacial score (nSPS) is 16.9. The first-order chi connectivity index (χ1) is 6.22. The van der Waals surface area contributed by atoms with Crippen LogP contribution in [0.15, 0.2) is 6.07 Å². The highest BCUT2D eigenvalue weighted by atomic mass is 16.3. The predicted molar refractivity (Wildman–Crippen MR) is 50.5 cm³/mol. The van der Waals surface area contributed by atoms with Crippen LogP contribution in [0.25, 0.3) is 0 Å². The van der Waals surface area contributed by atoms with Gasteiger partial charge < -0.3 is 5.11 Å². The fourth-order valence-electron chi connectivity index (χ4n) is 1.58. The van der Waals surface area contributed by atoms with E-state index in [1.807, 2.05) is 6.07 Å². The average Bonchev–Trinajstić information content (AvgIpc) is 2.84. The number of hydrogen-bond donors (Lipinski definition) is 1. The second-order valence-electron chi connectivity index (χ2n) is 4.05. The van der Waals surface area contributed by atoms with Crippen LogP contribution in [0.1, 0.15) is 50.0 Å². The summed E-state index contributed by atoms with van der Waals surface area (Å²) in [4.78, 5) is 0. The van der Waals surface area contributed by atoms with Gasteiger partial charge in [0.15, 0.2) is 0 Å². The van der Waals surface area contributed by atoms with Crippen LogP contribution in [-0.4, -0.2) is 14.9 Å². The zero-order valence-electron chi connectivity index (χ0n) is 8.20. The van der Waals surface area contributed by atoms with Crippen molar-refractivity contribution in [2.75, 3.05) is 0 Å². The number of rotatable bonds is 3. The van der Waals surface area contributed by atoms with Gasteiger partial charge in [0.05, 0.1) is 18.3 Å². The average molecular weight is 180 g/mol. The summed E-state index contributed by atoms with van der Waals surface area (Å²) in [6.07, 6.45) is 2.48. The van der Waals surface area contributed by atoms with Gasteiger partial charge in [0.25, 0.3) is 0 Å². The summed E-state index contributed by atoms with van der Waals surface area (Å²) >= 11 is 0. The van der Waals surface area contributed by atoms with Crippen molar-refractivity contribution in [1.82, 2.24) is 9.78 Å². The molecular formula is C10H16N2O. The van der Waals surface area contributed by atoms with E-state index in [0.29, 0.717) is 12.0 Å². The molecule has 0 aromatic carbocycles. The number of aliphatic hydroxyl groups excluding tert-OH is 1. The van der Waals surface area contributed by atoms with Gasteiger partial charge in [0, 0.05) is 5.69 Å². The molecule has 1 saturated carbocycles. The maximum absolute atomic E-state index is 8.98. The largest absolute Gasteiger partial charge is 0.390 e. The third kappa shape index (κ3) is 1.61. The number of hydrogen-bond acceptors (Lipinski definition) is 2. The van der Waals surface area contributed by atoms with Gasteiger partial charge in [-0.1, -0.05) is 13.8 Å². The quantitative estimate of drug-likeness (QED) is 0.770. The summed E-state index contributed by atoms with van der Waals surface area (Å²) in [5.41, 5.74) is 2.06. The van der Waals surface area contributed by atoms with Crippen molar-refractivity contribution in [3.05, 3.63) is 17.5 Å². The molecule has 0 radical (unpaired) electrons. The molecule has 3 heteroatoms. The predicted octanol–water partition coefficient (Wildman–Crippen LogP) is 1.83. The van der Waals surface area contributed by atoms with Crippen molar-refractivity contribution in [3.8, 4) is 0 Å². The standard InChI is InChI=1S/C10H16N2O/c1-7(2)10-5-8(6-13)11-12(10)9-3-4-9/h5,7,9,13H,3-4,6H2,1-2H3. The maximum Gasteiger partial charge on any atom is 0.0882 e. The van der Waals surface area contributed by atoms with E-state index in [0.717, 1.165) is 5.69 Å². The molecule has 1 aliphatic carbocycles. The summed E-state index contributed by atoms with van der Waals surface area (Å²) in [5.74, 6) is 0.494. The first kappa shape index (κ1) is 8.75. The molecule has 0 aliphatic heterocycles. The molecule has 1 aromatic rings. The Morgan fingerprint density at radius 3 is 2.77 bits per heavy atom. The lowest BCUT2D eigenvalue weighted by Gasteiger charge is -2.07. The fourth-order valence-corrected chi connectivity index (χ4v) is 1.58. The Morgan fingerprint density at radius 2 is 2.31 bits per heavy atom. The van der Waals surface area contributed by atoms with Crippen LogP contribution in [0.4, 0.5) is 0 Å². The molecular weight excluding hydrogens is 164 g/mol. The van der Waals surface area contributed by atoms with Crippen LogP contribution in [-0.2, 0) is 6.61 Å². The van der Waals surface area contributed by atoms with E-state index in [2.05, 4.69) is 23.6 Å². The van der Waals surface area contributed by atoms with Gasteiger partial charge in [0.2, 0.25) is 0 Å². The molecule has 0 bridgehead atoms. The van der Waals surface area contributed by atoms with Crippen LogP contribution in [0.3, 0.4) is 0 Å². The molecule has 1 aliphatic rings. The molecule has 0 saturated heterocycles. The Labute approximate surface area is 78.4 Å². The van der Waals surface area contributed by atoms with E-state index in [9.17, 15) is 0 Å². The Bertz CT molecular complexity index is 280. The van der Waals surface area contributed by atoms with Crippen molar-refractivity contribution in [2.24, 2.45) is 0 Å². The van der Waals surface area contributed by atoms with Gasteiger partial charge in [-0.25, -0.2) is 0 Å². The Kier molecular flexibility index (Phi) is 2.12. The van der Waals surface area contributed by atoms with Crippen molar-refractivity contribution in [1.29, 1.82) is 0 Å². The SMILES string of the molecule is CC(C)c1cc(CO)nn1C1CC1. The number of nitrogens with zero attached hydrogens (tertiary/aromatic N) is 2. The molecule has 0 spiro atoms. The topological polar surface area (TPSA) is 38.1 Å². The first-order valence-electron chi connectivity index (χ1n) is 4.91. The van der Waals surface area contributed by atoms with E-state index in [1.54, 1.807) is 0 Å². The van der Waals surface area contributed by atoms with Crippen molar-refractivity contribution in [2.45, 2.75) is 45.3 Å². The minimum Gasteiger partial charge on any atom is -0.390 e. The van der Waals surface area contributed by atoms with Crippen LogP contribution >= 0.6 is 0 Å². The summed E-state index contributed by atoms with van der Waals surface area (Å²) in [6.45, 7) is 4.38. The molecule has 2 rings (SSSR count). The van der Waals surface area contributed by atoms with Gasteiger partial charge in [-0.3, -0.25) is 4.68 Å². The minimum atomic E-state index is 0.0550. The second-order valence-corrected chi connectivity index (χ2v) is 4.05. The molecule has 72 valence electrons. The molecule has 1 aromatic heterocycles. The van der Waals surface area contributed by atoms with E-state index in [-0.39, 0.29) is 6.61 Å². The van der Waals surface area contributed by atoms with Crippen LogP contribution < -0.4 is 0 Å². The molecule has 3 nitrogen and oxygen atoms in total. The number of aliphatic hydroxyl groups is 1. The summed E-state index contributed by atoms with van der Waals surface area (Å²) < 4.78 is 2.09. The van der Waals surface area contributed by atoms with Crippen molar-refractivity contribution < 1.29 is 5.11 Å². The second kappa shape index (κ2) is 3.14. The lowest BCUT2D eigenvalue weighted by atomic mass is 10.1. The minimum absolute atomic E-state index is 0.0550. The van der Waals surface area contributed by atoms with E-state index < -0.39 is 0 Å². The van der Waals surface area contributed by atoms with Crippen molar-refractivity contribution >= 4 is 0 Å². The summed E-state index contributed by atoms with van der Waals surface area (Å²) in [5, 5.41) is 13.4. The Balaban J connectivity index is 2.33. The van der Waals surface area contributed by atoms with Gasteiger partial charge in [-0.15, -0.1) is 0 Å². The Hall–Kier alpha value is -0.830. The third-order valence-corrected chi connectivity index (χ3v) is 2.46. The van der Waals surface area contributed by atoms with Gasteiger partial charge in [-0.2, -0.15) is 5.10 Å². The summed E-state index contributed by atoms with van der Waals surface area (Å²) in [6, 6.07) is 2.63. The maximum atomic E-state index is 8.98. The smallest absolute Gasteiger partial charge is 0.0882 e. The third-order valence-electron chi connectivity index (χ3n) is 2.46. The van der Waals surface area contributed by atoms with Crippen LogP contribution in [0.5, 0.6) is 0 Å². The molecule has 0 atom stereocenters. The van der Waals surface area contributed by atoms with Crippen molar-refractivity contribution in [3.63, 3.8) is 0 Å². The molecule has 0 unspecified atom stereocenters. The lowest BCUT2D eigenvalue weighted by molar-refractivity contribution is 0.275. The van der Waals surface area contributed by atoms with E-state index in [1.165, 1.54) is 18.5 Å². The fraction of sp³-hybridized carbons (Fsp3) is 0.700. The zero-order valence-corrected chi connectivity index (χ0v) is 8.20.